The van der Waals surface area contributed by atoms with Crippen molar-refractivity contribution in [3.05, 3.63) is 108 Å². The topological polar surface area (TPSA) is 15.9 Å². The number of nitrogens with zero attached hydrogens (tertiary/aromatic N) is 2. The third-order valence-electron chi connectivity index (χ3n) is 7.30. The second-order valence-corrected chi connectivity index (χ2v) is 8.76. The lowest BCUT2D eigenvalue weighted by atomic mass is 9.88. The van der Waals surface area contributed by atoms with Gasteiger partial charge in [0.15, 0.2) is 0 Å². The fourth-order valence-electron chi connectivity index (χ4n) is 5.90. The standard InChI is InChI=1S/C29H18N2/c1-2-7-25-23(5-1)29-28(31(25)29)22-15-11-18-9-13-20-19(24-6-3-4-16-30-24)12-8-17-10-14-21(22)27(18)26(17)20/h1-16,28-29H. The number of anilines is 1. The van der Waals surface area contributed by atoms with E-state index in [1.807, 2.05) is 12.3 Å². The molecule has 1 saturated heterocycles. The Kier molecular flexibility index (Phi) is 2.77. The number of hydrogen-bond acceptors (Lipinski definition) is 2. The number of para-hydroxylation sites is 1. The average molecular weight is 394 g/mol. The highest BCUT2D eigenvalue weighted by molar-refractivity contribution is 6.26. The van der Waals surface area contributed by atoms with E-state index in [0.29, 0.717) is 12.1 Å². The highest BCUT2D eigenvalue weighted by Gasteiger charge is 2.58. The SMILES string of the molecule is c1ccc(-c2ccc3ccc4c(C5C6c7ccccc7N65)ccc5ccc2c3c54)nc1. The Hall–Kier alpha value is -3.91. The summed E-state index contributed by atoms with van der Waals surface area (Å²) in [6.07, 6.45) is 1.88. The lowest BCUT2D eigenvalue weighted by Crippen LogP contribution is -2.07. The minimum Gasteiger partial charge on any atom is -0.352 e. The first-order valence-corrected chi connectivity index (χ1v) is 10.9. The van der Waals surface area contributed by atoms with Gasteiger partial charge >= 0.3 is 0 Å². The fraction of sp³-hybridized carbons (Fsp3) is 0.0690. The highest BCUT2D eigenvalue weighted by atomic mass is 15.4. The van der Waals surface area contributed by atoms with E-state index in [2.05, 4.69) is 94.8 Å². The quantitative estimate of drug-likeness (QED) is 0.227. The van der Waals surface area contributed by atoms with Gasteiger partial charge in [-0.25, -0.2) is 0 Å². The lowest BCUT2D eigenvalue weighted by molar-refractivity contribution is 1.01. The maximum absolute atomic E-state index is 4.63. The zero-order valence-electron chi connectivity index (χ0n) is 16.8. The molecule has 0 spiro atoms. The van der Waals surface area contributed by atoms with Crippen LogP contribution < -0.4 is 4.90 Å². The van der Waals surface area contributed by atoms with Crippen molar-refractivity contribution in [2.24, 2.45) is 0 Å². The van der Waals surface area contributed by atoms with Crippen LogP contribution in [0.2, 0.25) is 0 Å². The Balaban J connectivity index is 1.40. The zero-order valence-corrected chi connectivity index (χ0v) is 16.8. The van der Waals surface area contributed by atoms with Crippen molar-refractivity contribution in [3.8, 4) is 11.3 Å². The van der Waals surface area contributed by atoms with E-state index in [0.717, 1.165) is 5.69 Å². The first kappa shape index (κ1) is 15.9. The van der Waals surface area contributed by atoms with Crippen LogP contribution in [0.25, 0.3) is 43.6 Å². The summed E-state index contributed by atoms with van der Waals surface area (Å²) < 4.78 is 0. The van der Waals surface area contributed by atoms with Crippen LogP contribution in [0.3, 0.4) is 0 Å². The molecule has 0 saturated carbocycles. The lowest BCUT2D eigenvalue weighted by Gasteiger charge is -2.19. The Morgan fingerprint density at radius 2 is 1.29 bits per heavy atom. The molecule has 2 aliphatic heterocycles. The van der Waals surface area contributed by atoms with Crippen LogP contribution in [-0.2, 0) is 0 Å². The number of hydrogen-bond donors (Lipinski definition) is 0. The summed E-state index contributed by atoms with van der Waals surface area (Å²) in [5.74, 6) is 0. The molecule has 3 heterocycles. The maximum atomic E-state index is 4.63. The van der Waals surface area contributed by atoms with Gasteiger partial charge in [0.05, 0.1) is 17.8 Å². The molecular weight excluding hydrogens is 376 g/mol. The normalized spacial score (nSPS) is 18.9. The monoisotopic (exact) mass is 394 g/mol. The van der Waals surface area contributed by atoms with Crippen molar-refractivity contribution in [1.29, 1.82) is 0 Å². The van der Waals surface area contributed by atoms with E-state index in [1.54, 1.807) is 0 Å². The predicted octanol–water partition coefficient (Wildman–Crippen LogP) is 7.26. The molecule has 6 aromatic rings. The van der Waals surface area contributed by atoms with Crippen molar-refractivity contribution < 1.29 is 0 Å². The molecule has 0 amide bonds. The molecule has 2 unspecified atom stereocenters. The minimum atomic E-state index is 0.470. The minimum absolute atomic E-state index is 0.470. The van der Waals surface area contributed by atoms with Crippen molar-refractivity contribution in [1.82, 2.24) is 4.98 Å². The molecule has 1 aromatic heterocycles. The van der Waals surface area contributed by atoms with Crippen molar-refractivity contribution in [3.63, 3.8) is 0 Å². The van der Waals surface area contributed by atoms with E-state index in [-0.39, 0.29) is 0 Å². The van der Waals surface area contributed by atoms with Gasteiger partial charge in [0.2, 0.25) is 0 Å². The zero-order chi connectivity index (χ0) is 20.1. The van der Waals surface area contributed by atoms with E-state index in [1.165, 1.54) is 54.7 Å². The van der Waals surface area contributed by atoms with Crippen LogP contribution in [0.15, 0.2) is 97.2 Å². The van der Waals surface area contributed by atoms with E-state index in [4.69, 9.17) is 0 Å². The smallest absolute Gasteiger partial charge is 0.0816 e. The van der Waals surface area contributed by atoms with Gasteiger partial charge in [-0.15, -0.1) is 0 Å². The summed E-state index contributed by atoms with van der Waals surface area (Å²) in [5.41, 5.74) is 6.58. The molecule has 2 atom stereocenters. The molecule has 1 fully saturated rings. The van der Waals surface area contributed by atoms with Crippen LogP contribution in [0, 0.1) is 0 Å². The summed E-state index contributed by atoms with van der Waals surface area (Å²) in [7, 11) is 0. The third-order valence-corrected chi connectivity index (χ3v) is 7.30. The van der Waals surface area contributed by atoms with Gasteiger partial charge < -0.3 is 4.90 Å². The average Bonchev–Trinajstić information content (AvgIpc) is 3.49. The van der Waals surface area contributed by atoms with Gasteiger partial charge in [-0.05, 0) is 56.1 Å². The summed E-state index contributed by atoms with van der Waals surface area (Å²) >= 11 is 0. The summed E-state index contributed by atoms with van der Waals surface area (Å²) in [6.45, 7) is 0. The Labute approximate surface area is 179 Å². The molecule has 31 heavy (non-hydrogen) atoms. The second kappa shape index (κ2) is 5.41. The van der Waals surface area contributed by atoms with Crippen molar-refractivity contribution >= 4 is 38.0 Å². The van der Waals surface area contributed by atoms with Gasteiger partial charge in [0, 0.05) is 23.0 Å². The largest absolute Gasteiger partial charge is 0.352 e. The van der Waals surface area contributed by atoms with Crippen LogP contribution in [0.5, 0.6) is 0 Å². The van der Waals surface area contributed by atoms with Crippen LogP contribution in [-0.4, -0.2) is 4.98 Å². The van der Waals surface area contributed by atoms with Gasteiger partial charge in [-0.3, -0.25) is 4.98 Å². The molecule has 2 heteroatoms. The first-order valence-electron chi connectivity index (χ1n) is 10.9. The Morgan fingerprint density at radius 1 is 0.581 bits per heavy atom. The van der Waals surface area contributed by atoms with Crippen molar-refractivity contribution in [2.75, 3.05) is 4.90 Å². The van der Waals surface area contributed by atoms with E-state index in [9.17, 15) is 0 Å². The Bertz CT molecular complexity index is 1620. The molecule has 0 radical (unpaired) electrons. The van der Waals surface area contributed by atoms with Gasteiger partial charge in [0.25, 0.3) is 0 Å². The number of pyridine rings is 1. The number of fused-ring (bicyclic) bond motifs is 4. The second-order valence-electron chi connectivity index (χ2n) is 8.76. The molecular formula is C29H18N2. The number of benzene rings is 5. The highest BCUT2D eigenvalue weighted by Crippen LogP contribution is 2.68. The van der Waals surface area contributed by atoms with E-state index < -0.39 is 0 Å². The van der Waals surface area contributed by atoms with Gasteiger partial charge in [0.1, 0.15) is 0 Å². The molecule has 5 aromatic carbocycles. The molecule has 2 nitrogen and oxygen atoms in total. The predicted molar refractivity (Wildman–Crippen MR) is 128 cm³/mol. The molecule has 0 aliphatic carbocycles. The van der Waals surface area contributed by atoms with Crippen LogP contribution in [0.4, 0.5) is 5.69 Å². The number of rotatable bonds is 2. The molecule has 0 bridgehead atoms. The van der Waals surface area contributed by atoms with Crippen LogP contribution >= 0.6 is 0 Å². The molecule has 2 aliphatic rings. The molecule has 144 valence electrons. The van der Waals surface area contributed by atoms with E-state index >= 15 is 0 Å². The third kappa shape index (κ3) is 1.91. The van der Waals surface area contributed by atoms with Gasteiger partial charge in [-0.2, -0.15) is 0 Å². The van der Waals surface area contributed by atoms with Crippen molar-refractivity contribution in [2.45, 2.75) is 12.1 Å². The summed E-state index contributed by atoms with van der Waals surface area (Å²) in [5, 5.41) is 8.04. The molecule has 0 N–H and O–H groups in total. The molecule has 8 rings (SSSR count). The number of aromatic nitrogens is 1. The summed E-state index contributed by atoms with van der Waals surface area (Å²) in [6, 6.07) is 34.3. The van der Waals surface area contributed by atoms with Gasteiger partial charge in [-0.1, -0.05) is 72.8 Å². The maximum Gasteiger partial charge on any atom is 0.0816 e. The Morgan fingerprint density at radius 3 is 2.13 bits per heavy atom. The summed E-state index contributed by atoms with van der Waals surface area (Å²) in [4.78, 5) is 7.19. The van der Waals surface area contributed by atoms with Crippen LogP contribution in [0.1, 0.15) is 23.2 Å². The first-order chi connectivity index (χ1) is 15.4. The fourth-order valence-corrected chi connectivity index (χ4v) is 5.90.